The molecule has 1 atom stereocenters. The Kier molecular flexibility index (Phi) is 5.75. The lowest BCUT2D eigenvalue weighted by atomic mass is 9.63. The topological polar surface area (TPSA) is 46.3 Å². The van der Waals surface area contributed by atoms with Crippen molar-refractivity contribution in [2.75, 3.05) is 18.0 Å². The maximum Gasteiger partial charge on any atom is 0.227 e. The minimum atomic E-state index is 0.0378. The van der Waals surface area contributed by atoms with Gasteiger partial charge >= 0.3 is 0 Å². The molecule has 2 aromatic carbocycles. The van der Waals surface area contributed by atoms with Gasteiger partial charge < -0.3 is 10.6 Å². The number of rotatable bonds is 4. The Labute approximate surface area is 172 Å². The molecule has 1 heterocycles. The van der Waals surface area contributed by atoms with Crippen molar-refractivity contribution in [3.05, 3.63) is 65.2 Å². The van der Waals surface area contributed by atoms with E-state index in [0.717, 1.165) is 49.4 Å². The molecule has 2 aromatic rings. The van der Waals surface area contributed by atoms with Crippen molar-refractivity contribution in [1.29, 1.82) is 0 Å². The largest absolute Gasteiger partial charge is 0.330 e. The number of nitrogens with two attached hydrogens (primary N) is 1. The molecule has 0 bridgehead atoms. The van der Waals surface area contributed by atoms with E-state index in [1.807, 2.05) is 47.4 Å². The van der Waals surface area contributed by atoms with Gasteiger partial charge in [0, 0.05) is 35.6 Å². The standard InChI is InChI=1S/C24H29ClN2O/c25-21-6-4-5-20(16-21)24(17-26)12-9-18(10-13-24)19-11-14-27(23(28)15-19)22-7-2-1-3-8-22/h1-8,16,18-19H,9-15,17,26H2. The fraction of sp³-hybridized carbons (Fsp3) is 0.458. The number of halogens is 1. The lowest BCUT2D eigenvalue weighted by Crippen LogP contribution is -2.44. The fourth-order valence-corrected chi connectivity index (χ4v) is 5.42. The van der Waals surface area contributed by atoms with Crippen molar-refractivity contribution in [1.82, 2.24) is 0 Å². The number of benzene rings is 2. The zero-order valence-electron chi connectivity index (χ0n) is 16.3. The van der Waals surface area contributed by atoms with Gasteiger partial charge in [0.25, 0.3) is 0 Å². The molecule has 4 heteroatoms. The number of piperidine rings is 1. The first-order valence-corrected chi connectivity index (χ1v) is 10.8. The van der Waals surface area contributed by atoms with Crippen molar-refractivity contribution in [3.8, 4) is 0 Å². The molecule has 1 aliphatic heterocycles. The Bertz CT molecular complexity index is 814. The molecular weight excluding hydrogens is 368 g/mol. The minimum Gasteiger partial charge on any atom is -0.330 e. The van der Waals surface area contributed by atoms with E-state index in [1.165, 1.54) is 5.56 Å². The van der Waals surface area contributed by atoms with Crippen LogP contribution in [0.4, 0.5) is 5.69 Å². The molecule has 148 valence electrons. The summed E-state index contributed by atoms with van der Waals surface area (Å²) in [6, 6.07) is 18.2. The van der Waals surface area contributed by atoms with Crippen LogP contribution in [0.3, 0.4) is 0 Å². The van der Waals surface area contributed by atoms with E-state index in [9.17, 15) is 4.79 Å². The minimum absolute atomic E-state index is 0.0378. The second kappa shape index (κ2) is 8.26. The summed E-state index contributed by atoms with van der Waals surface area (Å²) in [6.07, 6.45) is 6.23. The lowest BCUT2D eigenvalue weighted by molar-refractivity contribution is -0.121. The molecule has 1 saturated carbocycles. The predicted octanol–water partition coefficient (Wildman–Crippen LogP) is 5.17. The summed E-state index contributed by atoms with van der Waals surface area (Å²) in [6.45, 7) is 1.49. The van der Waals surface area contributed by atoms with Crippen LogP contribution < -0.4 is 10.6 Å². The van der Waals surface area contributed by atoms with E-state index in [0.29, 0.717) is 24.8 Å². The molecule has 0 spiro atoms. The van der Waals surface area contributed by atoms with Gasteiger partial charge in [-0.05, 0) is 73.8 Å². The van der Waals surface area contributed by atoms with Gasteiger partial charge in [-0.1, -0.05) is 41.9 Å². The Morgan fingerprint density at radius 2 is 1.75 bits per heavy atom. The summed E-state index contributed by atoms with van der Waals surface area (Å²) in [5.41, 5.74) is 8.58. The van der Waals surface area contributed by atoms with Crippen molar-refractivity contribution in [2.24, 2.45) is 17.6 Å². The maximum atomic E-state index is 12.8. The third-order valence-electron chi connectivity index (χ3n) is 7.01. The smallest absolute Gasteiger partial charge is 0.227 e. The summed E-state index contributed by atoms with van der Waals surface area (Å²) >= 11 is 6.23. The third kappa shape index (κ3) is 3.83. The van der Waals surface area contributed by atoms with E-state index in [2.05, 4.69) is 12.1 Å². The molecule has 1 amide bonds. The van der Waals surface area contributed by atoms with Crippen LogP contribution >= 0.6 is 11.6 Å². The van der Waals surface area contributed by atoms with Crippen LogP contribution in [0.2, 0.25) is 5.02 Å². The van der Waals surface area contributed by atoms with E-state index >= 15 is 0 Å². The SMILES string of the molecule is NCC1(c2cccc(Cl)c2)CCC(C2CCN(c3ccccc3)C(=O)C2)CC1. The Balaban J connectivity index is 1.40. The van der Waals surface area contributed by atoms with E-state index in [1.54, 1.807) is 0 Å². The second-order valence-electron chi connectivity index (χ2n) is 8.47. The van der Waals surface area contributed by atoms with Crippen molar-refractivity contribution in [2.45, 2.75) is 43.9 Å². The average molecular weight is 397 g/mol. The number of para-hydroxylation sites is 1. The Hall–Kier alpha value is -1.84. The molecule has 3 nitrogen and oxygen atoms in total. The lowest BCUT2D eigenvalue weighted by Gasteiger charge is -2.44. The highest BCUT2D eigenvalue weighted by molar-refractivity contribution is 6.30. The number of hydrogen-bond donors (Lipinski definition) is 1. The summed E-state index contributed by atoms with van der Waals surface area (Å²) in [4.78, 5) is 14.7. The number of carbonyl (C=O) groups is 1. The quantitative estimate of drug-likeness (QED) is 0.774. The molecule has 28 heavy (non-hydrogen) atoms. The van der Waals surface area contributed by atoms with Crippen LogP contribution in [0.15, 0.2) is 54.6 Å². The highest BCUT2D eigenvalue weighted by atomic mass is 35.5. The molecule has 2 fully saturated rings. The maximum absolute atomic E-state index is 12.8. The molecule has 4 rings (SSSR count). The van der Waals surface area contributed by atoms with Crippen LogP contribution in [-0.4, -0.2) is 19.0 Å². The number of hydrogen-bond acceptors (Lipinski definition) is 2. The highest BCUT2D eigenvalue weighted by Gasteiger charge is 2.40. The van der Waals surface area contributed by atoms with Crippen molar-refractivity contribution in [3.63, 3.8) is 0 Å². The molecule has 0 aromatic heterocycles. The first-order chi connectivity index (χ1) is 13.6. The van der Waals surface area contributed by atoms with Gasteiger partial charge in [0.1, 0.15) is 0 Å². The molecule has 1 aliphatic carbocycles. The molecular formula is C24H29ClN2O. The van der Waals surface area contributed by atoms with Gasteiger partial charge in [-0.15, -0.1) is 0 Å². The van der Waals surface area contributed by atoms with Crippen molar-refractivity contribution < 1.29 is 4.79 Å². The molecule has 1 unspecified atom stereocenters. The van der Waals surface area contributed by atoms with Gasteiger partial charge in [0.15, 0.2) is 0 Å². The van der Waals surface area contributed by atoms with Crippen LogP contribution in [0.1, 0.15) is 44.1 Å². The summed E-state index contributed by atoms with van der Waals surface area (Å²) in [7, 11) is 0. The van der Waals surface area contributed by atoms with Gasteiger partial charge in [0.05, 0.1) is 0 Å². The fourth-order valence-electron chi connectivity index (χ4n) is 5.23. The average Bonchev–Trinajstić information content (AvgIpc) is 2.74. The Morgan fingerprint density at radius 1 is 1.00 bits per heavy atom. The molecule has 2 aliphatic rings. The van der Waals surface area contributed by atoms with E-state index in [4.69, 9.17) is 17.3 Å². The van der Waals surface area contributed by atoms with Crippen molar-refractivity contribution >= 4 is 23.2 Å². The highest BCUT2D eigenvalue weighted by Crippen LogP contribution is 2.45. The second-order valence-corrected chi connectivity index (χ2v) is 8.90. The van der Waals surface area contributed by atoms with E-state index < -0.39 is 0 Å². The number of carbonyl (C=O) groups excluding carboxylic acids is 1. The zero-order valence-corrected chi connectivity index (χ0v) is 17.1. The third-order valence-corrected chi connectivity index (χ3v) is 7.25. The van der Waals surface area contributed by atoms with Gasteiger partial charge in [-0.3, -0.25) is 4.79 Å². The monoisotopic (exact) mass is 396 g/mol. The summed E-state index contributed by atoms with van der Waals surface area (Å²) < 4.78 is 0. The van der Waals surface area contributed by atoms with E-state index in [-0.39, 0.29) is 11.3 Å². The normalized spacial score (nSPS) is 28.4. The number of anilines is 1. The Morgan fingerprint density at radius 3 is 2.39 bits per heavy atom. The van der Waals surface area contributed by atoms with Crippen LogP contribution in [-0.2, 0) is 10.2 Å². The molecule has 1 saturated heterocycles. The predicted molar refractivity (Wildman–Crippen MR) is 116 cm³/mol. The zero-order chi connectivity index (χ0) is 19.6. The van der Waals surface area contributed by atoms with Gasteiger partial charge in [-0.2, -0.15) is 0 Å². The number of amides is 1. The first-order valence-electron chi connectivity index (χ1n) is 10.4. The first kappa shape index (κ1) is 19.5. The van der Waals surface area contributed by atoms with Gasteiger partial charge in [0.2, 0.25) is 5.91 Å². The van der Waals surface area contributed by atoms with Crippen LogP contribution in [0.5, 0.6) is 0 Å². The molecule has 2 N–H and O–H groups in total. The summed E-state index contributed by atoms with van der Waals surface area (Å²) in [5, 5.41) is 0.784. The molecule has 0 radical (unpaired) electrons. The summed E-state index contributed by atoms with van der Waals surface area (Å²) in [5.74, 6) is 1.40. The van der Waals surface area contributed by atoms with Crippen LogP contribution in [0.25, 0.3) is 0 Å². The number of nitrogens with zero attached hydrogens (tertiary/aromatic N) is 1. The van der Waals surface area contributed by atoms with Crippen LogP contribution in [0, 0.1) is 11.8 Å². The van der Waals surface area contributed by atoms with Gasteiger partial charge in [-0.25, -0.2) is 0 Å².